The predicted octanol–water partition coefficient (Wildman–Crippen LogP) is 4.06. The van der Waals surface area contributed by atoms with Crippen LogP contribution in [0, 0.1) is 10.8 Å². The van der Waals surface area contributed by atoms with Crippen molar-refractivity contribution in [3.05, 3.63) is 0 Å². The predicted molar refractivity (Wildman–Crippen MR) is 88.2 cm³/mol. The summed E-state index contributed by atoms with van der Waals surface area (Å²) in [4.78, 5) is 11.7. The van der Waals surface area contributed by atoms with Crippen molar-refractivity contribution in [3.63, 3.8) is 0 Å². The molecule has 3 heteroatoms. The van der Waals surface area contributed by atoms with Crippen LogP contribution >= 0.6 is 0 Å². The second-order valence-corrected chi connectivity index (χ2v) is 6.85. The van der Waals surface area contributed by atoms with Gasteiger partial charge in [0.1, 0.15) is 5.78 Å². The first-order valence-electron chi connectivity index (χ1n) is 7.95. The van der Waals surface area contributed by atoms with Crippen molar-refractivity contribution in [1.29, 1.82) is 0 Å². The van der Waals surface area contributed by atoms with Crippen LogP contribution in [-0.2, 0) is 9.53 Å². The van der Waals surface area contributed by atoms with Crippen LogP contribution in [-0.4, -0.2) is 31.6 Å². The Hall–Kier alpha value is -0.410. The monoisotopic (exact) mass is 287 g/mol. The molecule has 0 aromatic heterocycles. The number of rotatable bonds is 9. The van der Waals surface area contributed by atoms with Gasteiger partial charge in [-0.1, -0.05) is 62.3 Å². The second-order valence-electron chi connectivity index (χ2n) is 6.85. The molecule has 0 radical (unpaired) electrons. The molecule has 0 fully saturated rings. The summed E-state index contributed by atoms with van der Waals surface area (Å²) in [6.07, 6.45) is 0.578. The summed E-state index contributed by atoms with van der Waals surface area (Å²) in [6.45, 7) is 20.6. The van der Waals surface area contributed by atoms with Crippen LogP contribution in [0.3, 0.4) is 0 Å². The molecule has 0 aliphatic rings. The normalized spacial score (nSPS) is 12.1. The Kier molecular flexibility index (Phi) is 11.3. The minimum Gasteiger partial charge on any atom is -0.380 e. The van der Waals surface area contributed by atoms with Gasteiger partial charge in [-0.15, -0.1) is 0 Å². The molecule has 0 rings (SSSR count). The molecule has 0 spiro atoms. The maximum Gasteiger partial charge on any atom is 0.140 e. The Morgan fingerprint density at radius 2 is 1.60 bits per heavy atom. The summed E-state index contributed by atoms with van der Waals surface area (Å²) < 4.78 is 5.76. The number of carbonyl (C=O) groups excluding carboxylic acids is 1. The van der Waals surface area contributed by atoms with Gasteiger partial charge in [0.2, 0.25) is 0 Å². The van der Waals surface area contributed by atoms with E-state index in [1.54, 1.807) is 0 Å². The number of hydrogen-bond acceptors (Lipinski definition) is 3. The smallest absolute Gasteiger partial charge is 0.140 e. The lowest BCUT2D eigenvalue weighted by Crippen LogP contribution is -2.38. The zero-order valence-corrected chi connectivity index (χ0v) is 15.2. The van der Waals surface area contributed by atoms with Crippen molar-refractivity contribution in [1.82, 2.24) is 5.32 Å². The first-order chi connectivity index (χ1) is 9.10. The molecule has 1 N–H and O–H groups in total. The lowest BCUT2D eigenvalue weighted by atomic mass is 9.87. The molecule has 0 aliphatic carbocycles. The van der Waals surface area contributed by atoms with Gasteiger partial charge in [0.15, 0.2) is 0 Å². The molecule has 3 nitrogen and oxygen atoms in total. The van der Waals surface area contributed by atoms with E-state index in [1.165, 1.54) is 0 Å². The molecule has 0 amide bonds. The number of carbonyl (C=O) groups is 1. The molecule has 0 bridgehead atoms. The molecule has 0 aromatic rings. The fourth-order valence-electron chi connectivity index (χ4n) is 1.67. The molecule has 0 heterocycles. The fraction of sp³-hybridized carbons (Fsp3) is 0.941. The van der Waals surface area contributed by atoms with Crippen LogP contribution in [0.4, 0.5) is 0 Å². The van der Waals surface area contributed by atoms with Crippen molar-refractivity contribution in [2.45, 2.75) is 74.8 Å². The van der Waals surface area contributed by atoms with Crippen molar-refractivity contribution >= 4 is 5.78 Å². The maximum absolute atomic E-state index is 11.7. The van der Waals surface area contributed by atoms with Crippen molar-refractivity contribution < 1.29 is 9.53 Å². The van der Waals surface area contributed by atoms with Crippen LogP contribution in [0.15, 0.2) is 0 Å². The summed E-state index contributed by atoms with van der Waals surface area (Å²) in [6, 6.07) is 0.488. The number of ether oxygens (including phenoxy) is 1. The van der Waals surface area contributed by atoms with Crippen LogP contribution in [0.2, 0.25) is 0 Å². The standard InChI is InChI=1S/C15H31NO2.C2H6/c1-8-13(17)15(6,7)11-18-10-14(4,5)9-16-12(2)3;1-2/h12,16H,8-11H2,1-7H3;1-2H3. The van der Waals surface area contributed by atoms with E-state index in [1.807, 2.05) is 34.6 Å². The molecule has 20 heavy (non-hydrogen) atoms. The van der Waals surface area contributed by atoms with Gasteiger partial charge in [-0.25, -0.2) is 0 Å². The SMILES string of the molecule is CC.CCC(=O)C(C)(C)COCC(C)(C)CNC(C)C. The average molecular weight is 287 g/mol. The third-order valence-corrected chi connectivity index (χ3v) is 3.02. The molecule has 0 saturated carbocycles. The summed E-state index contributed by atoms with van der Waals surface area (Å²) >= 11 is 0. The first kappa shape index (κ1) is 21.9. The Bertz CT molecular complexity index is 258. The third kappa shape index (κ3) is 10.4. The Labute approximate surface area is 126 Å². The lowest BCUT2D eigenvalue weighted by molar-refractivity contribution is -0.130. The Morgan fingerprint density at radius 1 is 1.10 bits per heavy atom. The van der Waals surface area contributed by atoms with Crippen LogP contribution in [0.5, 0.6) is 0 Å². The van der Waals surface area contributed by atoms with E-state index in [4.69, 9.17) is 4.74 Å². The highest BCUT2D eigenvalue weighted by molar-refractivity contribution is 5.83. The second kappa shape index (κ2) is 10.3. The zero-order chi connectivity index (χ0) is 16.4. The van der Waals surface area contributed by atoms with E-state index < -0.39 is 0 Å². The molecule has 0 saturated heterocycles. The van der Waals surface area contributed by atoms with Gasteiger partial charge >= 0.3 is 0 Å². The summed E-state index contributed by atoms with van der Waals surface area (Å²) in [5.74, 6) is 0.264. The number of Topliss-reactive ketones (excluding diaryl/α,β-unsaturated/α-hetero) is 1. The molecule has 0 aromatic carbocycles. The van der Waals surface area contributed by atoms with Gasteiger partial charge < -0.3 is 10.1 Å². The minimum absolute atomic E-state index is 0.0929. The summed E-state index contributed by atoms with van der Waals surface area (Å²) in [7, 11) is 0. The number of ketones is 1. The Morgan fingerprint density at radius 3 is 2.00 bits per heavy atom. The quantitative estimate of drug-likeness (QED) is 0.695. The topological polar surface area (TPSA) is 38.3 Å². The molecule has 0 unspecified atom stereocenters. The van der Waals surface area contributed by atoms with E-state index in [0.717, 1.165) is 6.54 Å². The van der Waals surface area contributed by atoms with Crippen molar-refractivity contribution in [2.24, 2.45) is 10.8 Å². The zero-order valence-electron chi connectivity index (χ0n) is 15.2. The summed E-state index contributed by atoms with van der Waals surface area (Å²) in [5, 5.41) is 3.42. The number of hydrogen-bond donors (Lipinski definition) is 1. The van der Waals surface area contributed by atoms with Crippen LogP contribution < -0.4 is 5.32 Å². The maximum atomic E-state index is 11.7. The molecule has 0 aliphatic heterocycles. The molecule has 122 valence electrons. The van der Waals surface area contributed by atoms with Crippen LogP contribution in [0.25, 0.3) is 0 Å². The van der Waals surface area contributed by atoms with E-state index in [2.05, 4.69) is 33.0 Å². The van der Waals surface area contributed by atoms with Gasteiger partial charge in [-0.2, -0.15) is 0 Å². The van der Waals surface area contributed by atoms with Crippen molar-refractivity contribution in [3.8, 4) is 0 Å². The van der Waals surface area contributed by atoms with Gasteiger partial charge in [0, 0.05) is 29.8 Å². The van der Waals surface area contributed by atoms with Gasteiger partial charge in [-0.05, 0) is 0 Å². The highest BCUT2D eigenvalue weighted by Crippen LogP contribution is 2.21. The van der Waals surface area contributed by atoms with E-state index in [0.29, 0.717) is 25.7 Å². The van der Waals surface area contributed by atoms with E-state index >= 15 is 0 Å². The molecular formula is C17H37NO2. The minimum atomic E-state index is -0.365. The third-order valence-electron chi connectivity index (χ3n) is 3.02. The van der Waals surface area contributed by atoms with Gasteiger partial charge in [0.05, 0.1) is 13.2 Å². The summed E-state index contributed by atoms with van der Waals surface area (Å²) in [5.41, 5.74) is -0.272. The average Bonchev–Trinajstić information content (AvgIpc) is 2.37. The van der Waals surface area contributed by atoms with Crippen molar-refractivity contribution in [2.75, 3.05) is 19.8 Å². The first-order valence-corrected chi connectivity index (χ1v) is 7.95. The van der Waals surface area contributed by atoms with Gasteiger partial charge in [0.25, 0.3) is 0 Å². The molecular weight excluding hydrogens is 250 g/mol. The van der Waals surface area contributed by atoms with E-state index in [9.17, 15) is 4.79 Å². The Balaban J connectivity index is 0. The van der Waals surface area contributed by atoms with Gasteiger partial charge in [-0.3, -0.25) is 4.79 Å². The largest absolute Gasteiger partial charge is 0.380 e. The highest BCUT2D eigenvalue weighted by atomic mass is 16.5. The highest BCUT2D eigenvalue weighted by Gasteiger charge is 2.27. The lowest BCUT2D eigenvalue weighted by Gasteiger charge is -2.29. The number of nitrogens with one attached hydrogen (secondary N) is 1. The molecule has 0 atom stereocenters. The van der Waals surface area contributed by atoms with Crippen LogP contribution in [0.1, 0.15) is 68.7 Å². The fourth-order valence-corrected chi connectivity index (χ4v) is 1.67. The van der Waals surface area contributed by atoms with E-state index in [-0.39, 0.29) is 16.6 Å².